The lowest BCUT2D eigenvalue weighted by Crippen LogP contribution is -2.44. The second kappa shape index (κ2) is 8.26. The van der Waals surface area contributed by atoms with Crippen LogP contribution in [0.15, 0.2) is 0 Å². The summed E-state index contributed by atoms with van der Waals surface area (Å²) in [6.07, 6.45) is 17.1. The molecule has 0 aromatic heterocycles. The Bertz CT molecular complexity index is 235. The van der Waals surface area contributed by atoms with Crippen molar-refractivity contribution < 1.29 is 0 Å². The minimum Gasteiger partial charge on any atom is -0.271 e. The second-order valence-electron chi connectivity index (χ2n) is 6.97. The molecule has 2 saturated carbocycles. The molecule has 0 radical (unpaired) electrons. The van der Waals surface area contributed by atoms with Crippen LogP contribution < -0.4 is 11.3 Å². The largest absolute Gasteiger partial charge is 0.271 e. The van der Waals surface area contributed by atoms with Crippen LogP contribution in [0.3, 0.4) is 0 Å². The lowest BCUT2D eigenvalue weighted by molar-refractivity contribution is 0.160. The summed E-state index contributed by atoms with van der Waals surface area (Å²) in [6.45, 7) is 2.36. The molecule has 0 heterocycles. The van der Waals surface area contributed by atoms with E-state index < -0.39 is 0 Å². The SMILES string of the molecule is CCC1CCCCC1C(CCC1CCCCC1)NN. The first kappa shape index (κ1) is 15.3. The van der Waals surface area contributed by atoms with Gasteiger partial charge < -0.3 is 0 Å². The molecule has 2 rings (SSSR count). The summed E-state index contributed by atoms with van der Waals surface area (Å²) in [4.78, 5) is 0. The molecule has 2 fully saturated rings. The van der Waals surface area contributed by atoms with Crippen molar-refractivity contribution in [3.05, 3.63) is 0 Å². The maximum Gasteiger partial charge on any atom is 0.0241 e. The topological polar surface area (TPSA) is 38.0 Å². The molecule has 0 aliphatic heterocycles. The summed E-state index contributed by atoms with van der Waals surface area (Å²) < 4.78 is 0. The van der Waals surface area contributed by atoms with Gasteiger partial charge in [-0.3, -0.25) is 11.3 Å². The summed E-state index contributed by atoms with van der Waals surface area (Å²) in [5.74, 6) is 8.64. The van der Waals surface area contributed by atoms with Gasteiger partial charge in [-0.05, 0) is 37.0 Å². The molecule has 3 unspecified atom stereocenters. The summed E-state index contributed by atoms with van der Waals surface area (Å²) in [5.41, 5.74) is 3.18. The van der Waals surface area contributed by atoms with E-state index in [1.165, 1.54) is 77.0 Å². The van der Waals surface area contributed by atoms with Crippen LogP contribution in [0.25, 0.3) is 0 Å². The highest BCUT2D eigenvalue weighted by Crippen LogP contribution is 2.36. The molecule has 2 aliphatic rings. The number of hydrogen-bond donors (Lipinski definition) is 2. The van der Waals surface area contributed by atoms with Gasteiger partial charge in [0, 0.05) is 6.04 Å². The molecule has 0 bridgehead atoms. The van der Waals surface area contributed by atoms with E-state index in [-0.39, 0.29) is 0 Å². The fourth-order valence-electron chi connectivity index (χ4n) is 4.59. The zero-order chi connectivity index (χ0) is 13.5. The molecule has 0 aromatic rings. The highest BCUT2D eigenvalue weighted by atomic mass is 15.2. The highest BCUT2D eigenvalue weighted by molar-refractivity contribution is 4.84. The number of nitrogens with one attached hydrogen (secondary N) is 1. The standard InChI is InChI=1S/C17H34N2/c1-2-15-10-6-7-11-16(15)17(19-18)13-12-14-8-4-3-5-9-14/h14-17,19H,2-13,18H2,1H3. The average molecular weight is 266 g/mol. The smallest absolute Gasteiger partial charge is 0.0241 e. The fourth-order valence-corrected chi connectivity index (χ4v) is 4.59. The van der Waals surface area contributed by atoms with Crippen LogP contribution in [0.4, 0.5) is 0 Å². The lowest BCUT2D eigenvalue weighted by Gasteiger charge is -2.37. The van der Waals surface area contributed by atoms with Crippen molar-refractivity contribution in [2.24, 2.45) is 23.6 Å². The van der Waals surface area contributed by atoms with Gasteiger partial charge in [0.1, 0.15) is 0 Å². The third kappa shape index (κ3) is 4.46. The Morgan fingerprint density at radius 1 is 1.00 bits per heavy atom. The van der Waals surface area contributed by atoms with E-state index in [0.717, 1.165) is 17.8 Å². The molecule has 0 saturated heterocycles. The maximum atomic E-state index is 5.89. The average Bonchev–Trinajstić information content (AvgIpc) is 2.49. The van der Waals surface area contributed by atoms with Gasteiger partial charge in [0.2, 0.25) is 0 Å². The van der Waals surface area contributed by atoms with Gasteiger partial charge in [-0.2, -0.15) is 0 Å². The number of nitrogens with two attached hydrogens (primary N) is 1. The predicted molar refractivity (Wildman–Crippen MR) is 82.7 cm³/mol. The molecule has 0 spiro atoms. The normalized spacial score (nSPS) is 31.3. The monoisotopic (exact) mass is 266 g/mol. The molecule has 0 aromatic carbocycles. The van der Waals surface area contributed by atoms with Crippen LogP contribution in [-0.2, 0) is 0 Å². The minimum atomic E-state index is 0.576. The lowest BCUT2D eigenvalue weighted by atomic mass is 9.72. The summed E-state index contributed by atoms with van der Waals surface area (Å²) >= 11 is 0. The Hall–Kier alpha value is -0.0800. The van der Waals surface area contributed by atoms with Gasteiger partial charge in [0.05, 0.1) is 0 Å². The molecule has 0 amide bonds. The van der Waals surface area contributed by atoms with Crippen molar-refractivity contribution in [2.45, 2.75) is 90.0 Å². The van der Waals surface area contributed by atoms with E-state index in [9.17, 15) is 0 Å². The van der Waals surface area contributed by atoms with Crippen molar-refractivity contribution in [2.75, 3.05) is 0 Å². The first-order valence-electron chi connectivity index (χ1n) is 8.81. The molecule has 3 N–H and O–H groups in total. The van der Waals surface area contributed by atoms with Crippen LogP contribution >= 0.6 is 0 Å². The third-order valence-corrected chi connectivity index (χ3v) is 5.83. The van der Waals surface area contributed by atoms with Gasteiger partial charge in [-0.25, -0.2) is 0 Å². The van der Waals surface area contributed by atoms with Crippen LogP contribution in [0.5, 0.6) is 0 Å². The van der Waals surface area contributed by atoms with Crippen LogP contribution in [0, 0.1) is 17.8 Å². The quantitative estimate of drug-likeness (QED) is 0.552. The van der Waals surface area contributed by atoms with Crippen molar-refractivity contribution in [1.82, 2.24) is 5.43 Å². The van der Waals surface area contributed by atoms with Crippen molar-refractivity contribution in [1.29, 1.82) is 0 Å². The molecule has 2 nitrogen and oxygen atoms in total. The summed E-state index contributed by atoms with van der Waals surface area (Å²) in [6, 6.07) is 0.576. The third-order valence-electron chi connectivity index (χ3n) is 5.83. The fraction of sp³-hybridized carbons (Fsp3) is 1.00. The number of hydrogen-bond acceptors (Lipinski definition) is 2. The zero-order valence-electron chi connectivity index (χ0n) is 12.9. The van der Waals surface area contributed by atoms with E-state index in [2.05, 4.69) is 12.3 Å². The Labute approximate surface area is 119 Å². The van der Waals surface area contributed by atoms with E-state index in [1.807, 2.05) is 0 Å². The summed E-state index contributed by atoms with van der Waals surface area (Å²) in [5, 5.41) is 0. The van der Waals surface area contributed by atoms with Gasteiger partial charge in [-0.15, -0.1) is 0 Å². The predicted octanol–water partition coefficient (Wildman–Crippen LogP) is 4.40. The highest BCUT2D eigenvalue weighted by Gasteiger charge is 2.30. The molecule has 112 valence electrons. The molecule has 19 heavy (non-hydrogen) atoms. The first-order valence-corrected chi connectivity index (χ1v) is 8.81. The maximum absolute atomic E-state index is 5.89. The molecule has 2 heteroatoms. The van der Waals surface area contributed by atoms with Crippen LogP contribution in [-0.4, -0.2) is 6.04 Å². The van der Waals surface area contributed by atoms with E-state index in [1.54, 1.807) is 0 Å². The van der Waals surface area contributed by atoms with E-state index >= 15 is 0 Å². The number of hydrazine groups is 1. The summed E-state index contributed by atoms with van der Waals surface area (Å²) in [7, 11) is 0. The van der Waals surface area contributed by atoms with E-state index in [4.69, 9.17) is 5.84 Å². The number of rotatable bonds is 6. The Kier molecular flexibility index (Phi) is 6.66. The van der Waals surface area contributed by atoms with E-state index in [0.29, 0.717) is 6.04 Å². The Morgan fingerprint density at radius 3 is 2.37 bits per heavy atom. The molecular weight excluding hydrogens is 232 g/mol. The van der Waals surface area contributed by atoms with Gasteiger partial charge in [-0.1, -0.05) is 64.7 Å². The van der Waals surface area contributed by atoms with Gasteiger partial charge in [0.25, 0.3) is 0 Å². The first-order chi connectivity index (χ1) is 9.35. The van der Waals surface area contributed by atoms with Crippen molar-refractivity contribution in [3.63, 3.8) is 0 Å². The molecule has 3 atom stereocenters. The van der Waals surface area contributed by atoms with Gasteiger partial charge >= 0.3 is 0 Å². The van der Waals surface area contributed by atoms with Gasteiger partial charge in [0.15, 0.2) is 0 Å². The van der Waals surface area contributed by atoms with Crippen molar-refractivity contribution >= 4 is 0 Å². The van der Waals surface area contributed by atoms with Crippen LogP contribution in [0.1, 0.15) is 84.0 Å². The zero-order valence-corrected chi connectivity index (χ0v) is 12.9. The minimum absolute atomic E-state index is 0.576. The van der Waals surface area contributed by atoms with Crippen LogP contribution in [0.2, 0.25) is 0 Å². The molecular formula is C17H34N2. The van der Waals surface area contributed by atoms with Crippen molar-refractivity contribution in [3.8, 4) is 0 Å². The Morgan fingerprint density at radius 2 is 1.68 bits per heavy atom. The Balaban J connectivity index is 1.80. The second-order valence-corrected chi connectivity index (χ2v) is 6.97. The molecule has 2 aliphatic carbocycles.